The van der Waals surface area contributed by atoms with Crippen LogP contribution in [0.3, 0.4) is 0 Å². The number of pyridine rings is 1. The van der Waals surface area contributed by atoms with E-state index in [1.165, 1.54) is 12.1 Å². The average molecular weight is 415 g/mol. The third-order valence-corrected chi connectivity index (χ3v) is 4.68. The predicted molar refractivity (Wildman–Crippen MR) is 112 cm³/mol. The Bertz CT molecular complexity index is 886. The first kappa shape index (κ1) is 21.5. The van der Waals surface area contributed by atoms with Crippen LogP contribution in [0.25, 0.3) is 0 Å². The van der Waals surface area contributed by atoms with Crippen molar-refractivity contribution in [3.05, 3.63) is 57.8 Å². The van der Waals surface area contributed by atoms with Gasteiger partial charge in [-0.3, -0.25) is 14.9 Å². The fourth-order valence-electron chi connectivity index (χ4n) is 3.08. The molecule has 160 valence electrons. The zero-order chi connectivity index (χ0) is 21.3. The molecule has 0 saturated carbocycles. The number of nitrogens with zero attached hydrogens (tertiary/aromatic N) is 3. The Morgan fingerprint density at radius 3 is 2.83 bits per heavy atom. The van der Waals surface area contributed by atoms with Crippen molar-refractivity contribution in [2.75, 3.05) is 56.8 Å². The molecule has 2 N–H and O–H groups in total. The second-order valence-electron chi connectivity index (χ2n) is 6.71. The first-order valence-electron chi connectivity index (χ1n) is 9.65. The summed E-state index contributed by atoms with van der Waals surface area (Å²) < 4.78 is 10.3. The Hall–Kier alpha value is -3.24. The normalized spacial score (nSPS) is 13.7. The quantitative estimate of drug-likeness (QED) is 0.362. The van der Waals surface area contributed by atoms with Gasteiger partial charge >= 0.3 is 0 Å². The summed E-state index contributed by atoms with van der Waals surface area (Å²) in [7, 11) is 1.55. The largest absolute Gasteiger partial charge is 0.383 e. The van der Waals surface area contributed by atoms with Crippen LogP contribution in [0.4, 0.5) is 17.2 Å². The van der Waals surface area contributed by atoms with E-state index in [-0.39, 0.29) is 17.2 Å². The molecule has 0 radical (unpaired) electrons. The summed E-state index contributed by atoms with van der Waals surface area (Å²) in [6, 6.07) is 8.12. The number of rotatable bonds is 9. The standard InChI is InChI=1S/C20H25N5O5/c1-29-9-6-21-17-3-2-16(13-18(17)25(27)28)20(26)23-14-15-4-5-22-19(12-15)24-7-10-30-11-8-24/h2-5,12-13,21H,6-11,14H2,1H3,(H,23,26). The molecule has 1 saturated heterocycles. The van der Waals surface area contributed by atoms with E-state index in [2.05, 4.69) is 20.5 Å². The van der Waals surface area contributed by atoms with E-state index in [9.17, 15) is 14.9 Å². The monoisotopic (exact) mass is 415 g/mol. The lowest BCUT2D eigenvalue weighted by Crippen LogP contribution is -2.36. The number of ether oxygens (including phenoxy) is 2. The average Bonchev–Trinajstić information content (AvgIpc) is 2.78. The van der Waals surface area contributed by atoms with Gasteiger partial charge in [0.1, 0.15) is 11.5 Å². The lowest BCUT2D eigenvalue weighted by atomic mass is 10.1. The Morgan fingerprint density at radius 1 is 1.30 bits per heavy atom. The molecule has 1 aliphatic heterocycles. The summed E-state index contributed by atoms with van der Waals surface area (Å²) in [4.78, 5) is 29.9. The number of amides is 1. The maximum Gasteiger partial charge on any atom is 0.293 e. The number of anilines is 2. The lowest BCUT2D eigenvalue weighted by molar-refractivity contribution is -0.384. The minimum Gasteiger partial charge on any atom is -0.383 e. The number of nitro groups is 1. The minimum atomic E-state index is -0.511. The molecule has 1 fully saturated rings. The molecule has 1 amide bonds. The van der Waals surface area contributed by atoms with Crippen LogP contribution in [0.2, 0.25) is 0 Å². The fraction of sp³-hybridized carbons (Fsp3) is 0.400. The molecule has 2 aromatic rings. The maximum atomic E-state index is 12.5. The number of methoxy groups -OCH3 is 1. The number of hydrogen-bond donors (Lipinski definition) is 2. The van der Waals surface area contributed by atoms with Gasteiger partial charge < -0.3 is 25.0 Å². The molecule has 3 rings (SSSR count). The number of benzene rings is 1. The van der Waals surface area contributed by atoms with Crippen molar-refractivity contribution in [2.24, 2.45) is 0 Å². The molecule has 10 heteroatoms. The van der Waals surface area contributed by atoms with Crippen LogP contribution in [-0.4, -0.2) is 62.4 Å². The van der Waals surface area contributed by atoms with Crippen molar-refractivity contribution < 1.29 is 19.2 Å². The maximum absolute atomic E-state index is 12.5. The highest BCUT2D eigenvalue weighted by molar-refractivity contribution is 5.95. The van der Waals surface area contributed by atoms with Crippen LogP contribution in [0, 0.1) is 10.1 Å². The molecule has 0 atom stereocenters. The van der Waals surface area contributed by atoms with Crippen LogP contribution >= 0.6 is 0 Å². The highest BCUT2D eigenvalue weighted by Crippen LogP contribution is 2.25. The molecule has 1 aromatic heterocycles. The zero-order valence-corrected chi connectivity index (χ0v) is 16.8. The van der Waals surface area contributed by atoms with Gasteiger partial charge in [0.05, 0.1) is 24.7 Å². The summed E-state index contributed by atoms with van der Waals surface area (Å²) in [5.74, 6) is 0.457. The number of hydrogen-bond acceptors (Lipinski definition) is 8. The first-order chi connectivity index (χ1) is 14.6. The Labute approximate surface area is 174 Å². The van der Waals surface area contributed by atoms with Gasteiger partial charge in [0, 0.05) is 51.1 Å². The molecular weight excluding hydrogens is 390 g/mol. The second kappa shape index (κ2) is 10.5. The number of aromatic nitrogens is 1. The molecule has 0 spiro atoms. The number of nitrogens with one attached hydrogen (secondary N) is 2. The number of carbonyl (C=O) groups excluding carboxylic acids is 1. The summed E-state index contributed by atoms with van der Waals surface area (Å²) >= 11 is 0. The van der Waals surface area contributed by atoms with Crippen molar-refractivity contribution in [3.63, 3.8) is 0 Å². The van der Waals surface area contributed by atoms with Crippen molar-refractivity contribution in [1.29, 1.82) is 0 Å². The van der Waals surface area contributed by atoms with Crippen LogP contribution in [0.5, 0.6) is 0 Å². The van der Waals surface area contributed by atoms with Crippen molar-refractivity contribution >= 4 is 23.1 Å². The summed E-state index contributed by atoms with van der Waals surface area (Å²) in [5, 5.41) is 17.1. The summed E-state index contributed by atoms with van der Waals surface area (Å²) in [6.45, 7) is 4.01. The van der Waals surface area contributed by atoms with Crippen LogP contribution in [-0.2, 0) is 16.0 Å². The highest BCUT2D eigenvalue weighted by Gasteiger charge is 2.18. The van der Waals surface area contributed by atoms with Crippen LogP contribution < -0.4 is 15.5 Å². The van der Waals surface area contributed by atoms with Gasteiger partial charge in [-0.1, -0.05) is 0 Å². The smallest absolute Gasteiger partial charge is 0.293 e. The Kier molecular flexibility index (Phi) is 7.52. The molecule has 1 aromatic carbocycles. The Balaban J connectivity index is 1.64. The minimum absolute atomic E-state index is 0.155. The zero-order valence-electron chi connectivity index (χ0n) is 16.8. The van der Waals surface area contributed by atoms with Gasteiger partial charge in [0.25, 0.3) is 11.6 Å². The van der Waals surface area contributed by atoms with E-state index in [0.29, 0.717) is 38.6 Å². The Morgan fingerprint density at radius 2 is 2.10 bits per heavy atom. The molecule has 0 unspecified atom stereocenters. The van der Waals surface area contributed by atoms with Gasteiger partial charge in [-0.15, -0.1) is 0 Å². The second-order valence-corrected chi connectivity index (χ2v) is 6.71. The predicted octanol–water partition coefficient (Wildman–Crippen LogP) is 1.81. The molecule has 1 aliphatic rings. The molecule has 0 aliphatic carbocycles. The van der Waals surface area contributed by atoms with Gasteiger partial charge in [-0.2, -0.15) is 0 Å². The lowest BCUT2D eigenvalue weighted by Gasteiger charge is -2.28. The van der Waals surface area contributed by atoms with Gasteiger partial charge in [0.15, 0.2) is 0 Å². The SMILES string of the molecule is COCCNc1ccc(C(=O)NCc2ccnc(N3CCOCC3)c2)cc1[N+](=O)[O-]. The van der Waals surface area contributed by atoms with Gasteiger partial charge in [-0.25, -0.2) is 4.98 Å². The molecule has 2 heterocycles. The first-order valence-corrected chi connectivity index (χ1v) is 9.65. The molecule has 30 heavy (non-hydrogen) atoms. The van der Waals surface area contributed by atoms with Gasteiger partial charge in [0.2, 0.25) is 0 Å². The van der Waals surface area contributed by atoms with Crippen molar-refractivity contribution in [3.8, 4) is 0 Å². The highest BCUT2D eigenvalue weighted by atomic mass is 16.6. The van der Waals surface area contributed by atoms with Crippen molar-refractivity contribution in [2.45, 2.75) is 6.54 Å². The van der Waals surface area contributed by atoms with E-state index in [1.807, 2.05) is 12.1 Å². The number of carbonyl (C=O) groups is 1. The number of morpholine rings is 1. The molecule has 10 nitrogen and oxygen atoms in total. The van der Waals surface area contributed by atoms with Crippen LogP contribution in [0.15, 0.2) is 36.5 Å². The van der Waals surface area contributed by atoms with E-state index in [0.717, 1.165) is 24.5 Å². The van der Waals surface area contributed by atoms with Crippen molar-refractivity contribution in [1.82, 2.24) is 10.3 Å². The number of nitro benzene ring substituents is 1. The van der Waals surface area contributed by atoms with E-state index in [1.54, 1.807) is 19.4 Å². The van der Waals surface area contributed by atoms with Crippen LogP contribution in [0.1, 0.15) is 15.9 Å². The summed E-state index contributed by atoms with van der Waals surface area (Å²) in [5.41, 5.74) is 1.31. The topological polar surface area (TPSA) is 119 Å². The third-order valence-electron chi connectivity index (χ3n) is 4.68. The van der Waals surface area contributed by atoms with E-state index in [4.69, 9.17) is 9.47 Å². The van der Waals surface area contributed by atoms with E-state index >= 15 is 0 Å². The fourth-order valence-corrected chi connectivity index (χ4v) is 3.08. The molecular formula is C20H25N5O5. The summed E-state index contributed by atoms with van der Waals surface area (Å²) in [6.07, 6.45) is 1.71. The molecule has 0 bridgehead atoms. The van der Waals surface area contributed by atoms with E-state index < -0.39 is 4.92 Å². The van der Waals surface area contributed by atoms with Gasteiger partial charge in [-0.05, 0) is 29.8 Å². The third kappa shape index (κ3) is 5.65.